The van der Waals surface area contributed by atoms with Gasteiger partial charge in [0.25, 0.3) is 0 Å². The van der Waals surface area contributed by atoms with Crippen molar-refractivity contribution in [3.63, 3.8) is 0 Å². The van der Waals surface area contributed by atoms with Crippen molar-refractivity contribution in [1.82, 2.24) is 15.5 Å². The molecule has 6 aliphatic rings. The number of nitrogens with one attached hydrogen (secondary N) is 2. The third-order valence-electron chi connectivity index (χ3n) is 11.3. The Hall–Kier alpha value is -1.86. The average molecular weight is 498 g/mol. The Morgan fingerprint density at radius 2 is 2.11 bits per heavy atom. The van der Waals surface area contributed by atoms with Gasteiger partial charge in [-0.25, -0.2) is 9.59 Å². The quantitative estimate of drug-likeness (QED) is 0.411. The Morgan fingerprint density at radius 1 is 1.25 bits per heavy atom. The fraction of sp³-hybridized carbons (Fsp3) is 0.793. The number of urea groups is 1. The first-order valence-corrected chi connectivity index (χ1v) is 14.3. The average Bonchev–Trinajstić information content (AvgIpc) is 3.46. The van der Waals surface area contributed by atoms with Crippen molar-refractivity contribution in [2.75, 3.05) is 32.8 Å². The summed E-state index contributed by atoms with van der Waals surface area (Å²) in [7, 11) is 0. The molecular weight excluding hydrogens is 454 g/mol. The number of rotatable bonds is 3. The highest BCUT2D eigenvalue weighted by Gasteiger charge is 2.58. The normalized spacial score (nSPS) is 44.1. The molecule has 0 aromatic heterocycles. The number of hydrogen-bond donors (Lipinski definition) is 3. The summed E-state index contributed by atoms with van der Waals surface area (Å²) in [4.78, 5) is 26.6. The zero-order valence-electron chi connectivity index (χ0n) is 21.9. The predicted molar refractivity (Wildman–Crippen MR) is 137 cm³/mol. The van der Waals surface area contributed by atoms with Crippen LogP contribution in [0.4, 0.5) is 4.79 Å². The van der Waals surface area contributed by atoms with Gasteiger partial charge in [-0.05, 0) is 91.4 Å². The Bertz CT molecular complexity index is 978. The number of allylic oxidation sites excluding steroid dienone is 2. The Morgan fingerprint density at radius 3 is 2.89 bits per heavy atom. The first-order chi connectivity index (χ1) is 17.3. The summed E-state index contributed by atoms with van der Waals surface area (Å²) in [6.45, 7) is 7.57. The minimum absolute atomic E-state index is 0.0196. The molecule has 2 heterocycles. The minimum atomic E-state index is -0.169. The molecule has 1 unspecified atom stereocenters. The van der Waals surface area contributed by atoms with Crippen LogP contribution in [0.15, 0.2) is 23.3 Å². The van der Waals surface area contributed by atoms with Gasteiger partial charge in [0.15, 0.2) is 0 Å². The van der Waals surface area contributed by atoms with Crippen LogP contribution in [0.25, 0.3) is 0 Å². The van der Waals surface area contributed by atoms with Crippen molar-refractivity contribution in [3.05, 3.63) is 23.3 Å². The van der Waals surface area contributed by atoms with Gasteiger partial charge < -0.3 is 25.4 Å². The summed E-state index contributed by atoms with van der Waals surface area (Å²) < 4.78 is 5.28. The number of fused-ring (bicyclic) bond motifs is 5. The fourth-order valence-corrected chi connectivity index (χ4v) is 9.27. The lowest BCUT2D eigenvalue weighted by Crippen LogP contribution is -2.58. The van der Waals surface area contributed by atoms with Crippen molar-refractivity contribution in [1.29, 1.82) is 0 Å². The lowest BCUT2D eigenvalue weighted by atomic mass is 9.45. The third kappa shape index (κ3) is 3.92. The highest BCUT2D eigenvalue weighted by molar-refractivity contribution is 5.85. The van der Waals surface area contributed by atoms with Crippen LogP contribution in [0.2, 0.25) is 0 Å². The molecular formula is C29H43N3O4. The van der Waals surface area contributed by atoms with Crippen molar-refractivity contribution >= 4 is 12.0 Å². The molecule has 4 aliphatic carbocycles. The predicted octanol–water partition coefficient (Wildman–Crippen LogP) is 3.39. The SMILES string of the molecule is C[C@]12CC[C@H](NC(=O)N3CCNC(CO)C3)C[C@H]1CC[C@H]1C3=CC[C@H](C4=CC(=O)OC4)[C@@]3(C)CC[C@@H]12. The van der Waals surface area contributed by atoms with Gasteiger partial charge in [-0.2, -0.15) is 0 Å². The lowest BCUT2D eigenvalue weighted by molar-refractivity contribution is -0.135. The minimum Gasteiger partial charge on any atom is -0.458 e. The molecule has 1 saturated heterocycles. The van der Waals surface area contributed by atoms with Crippen LogP contribution in [-0.4, -0.2) is 66.9 Å². The number of esters is 1. The summed E-state index contributed by atoms with van der Waals surface area (Å²) in [6.07, 6.45) is 13.6. The van der Waals surface area contributed by atoms with E-state index in [0.29, 0.717) is 42.9 Å². The second-order valence-corrected chi connectivity index (χ2v) is 12.9. The molecule has 36 heavy (non-hydrogen) atoms. The number of aliphatic hydroxyl groups excluding tert-OH is 1. The summed E-state index contributed by atoms with van der Waals surface area (Å²) in [5.74, 6) is 2.30. The molecule has 7 nitrogen and oxygen atoms in total. The second-order valence-electron chi connectivity index (χ2n) is 12.9. The summed E-state index contributed by atoms with van der Waals surface area (Å²) >= 11 is 0. The number of ether oxygens (including phenoxy) is 1. The maximum atomic E-state index is 13.0. The molecule has 8 atom stereocenters. The molecule has 3 saturated carbocycles. The Kier molecular flexibility index (Phi) is 6.23. The Balaban J connectivity index is 1.11. The molecule has 0 radical (unpaired) electrons. The molecule has 198 valence electrons. The maximum absolute atomic E-state index is 13.0. The molecule has 7 heteroatoms. The summed E-state index contributed by atoms with van der Waals surface area (Å²) in [5.41, 5.74) is 3.40. The van der Waals surface area contributed by atoms with E-state index in [4.69, 9.17) is 4.74 Å². The highest BCUT2D eigenvalue weighted by atomic mass is 16.5. The van der Waals surface area contributed by atoms with Crippen molar-refractivity contribution < 1.29 is 19.4 Å². The lowest BCUT2D eigenvalue weighted by Gasteiger charge is -2.60. The molecule has 2 aliphatic heterocycles. The monoisotopic (exact) mass is 497 g/mol. The van der Waals surface area contributed by atoms with Crippen LogP contribution in [0, 0.1) is 34.5 Å². The molecule has 0 bridgehead atoms. The van der Waals surface area contributed by atoms with Gasteiger partial charge in [0.1, 0.15) is 6.61 Å². The fourth-order valence-electron chi connectivity index (χ4n) is 9.27. The van der Waals surface area contributed by atoms with Crippen LogP contribution in [-0.2, 0) is 9.53 Å². The van der Waals surface area contributed by atoms with E-state index in [9.17, 15) is 14.7 Å². The maximum Gasteiger partial charge on any atom is 0.331 e. The molecule has 3 N–H and O–H groups in total. The van der Waals surface area contributed by atoms with E-state index in [1.165, 1.54) is 37.7 Å². The van der Waals surface area contributed by atoms with Crippen LogP contribution in [0.1, 0.15) is 65.2 Å². The van der Waals surface area contributed by atoms with Crippen molar-refractivity contribution in [2.45, 2.75) is 77.3 Å². The van der Waals surface area contributed by atoms with Crippen LogP contribution in [0.5, 0.6) is 0 Å². The number of piperazine rings is 1. The van der Waals surface area contributed by atoms with Gasteiger partial charge in [0, 0.05) is 37.8 Å². The number of amides is 2. The van der Waals surface area contributed by atoms with Crippen molar-refractivity contribution in [3.8, 4) is 0 Å². The van der Waals surface area contributed by atoms with E-state index in [1.807, 2.05) is 4.90 Å². The third-order valence-corrected chi connectivity index (χ3v) is 11.3. The molecule has 4 fully saturated rings. The molecule has 0 spiro atoms. The second kappa shape index (κ2) is 9.16. The standard InChI is InChI=1S/C29H43N3O4/c1-28-9-7-20(31-27(35)32-12-11-30-21(15-32)16-33)14-19(28)3-4-22-24-6-5-23(18-13-26(34)36-17-18)29(24,2)10-8-25(22)28/h6,13,19-23,25,30,33H,3-5,7-12,14-17H2,1-2H3,(H,31,35)/t19-,20+,21?,22+,23-,25+,28+,29-/m1/s1. The number of hydrogen-bond acceptors (Lipinski definition) is 5. The van der Waals surface area contributed by atoms with Gasteiger partial charge in [0.05, 0.1) is 6.61 Å². The zero-order chi connectivity index (χ0) is 25.1. The van der Waals surface area contributed by atoms with Gasteiger partial charge in [-0.3, -0.25) is 0 Å². The zero-order valence-corrected chi connectivity index (χ0v) is 21.9. The summed E-state index contributed by atoms with van der Waals surface area (Å²) in [6, 6.07) is 0.274. The van der Waals surface area contributed by atoms with Gasteiger partial charge in [0.2, 0.25) is 0 Å². The Labute approximate surface area is 215 Å². The number of carbonyl (C=O) groups is 2. The van der Waals surface area contributed by atoms with E-state index >= 15 is 0 Å². The van der Waals surface area contributed by atoms with Crippen LogP contribution < -0.4 is 10.6 Å². The van der Waals surface area contributed by atoms with E-state index in [1.54, 1.807) is 11.6 Å². The van der Waals surface area contributed by atoms with Gasteiger partial charge >= 0.3 is 12.0 Å². The largest absolute Gasteiger partial charge is 0.458 e. The number of cyclic esters (lactones) is 1. The summed E-state index contributed by atoms with van der Waals surface area (Å²) in [5, 5.41) is 16.1. The molecule has 6 rings (SSSR count). The first kappa shape index (κ1) is 24.5. The van der Waals surface area contributed by atoms with Crippen LogP contribution in [0.3, 0.4) is 0 Å². The number of carbonyl (C=O) groups excluding carboxylic acids is 2. The van der Waals surface area contributed by atoms with E-state index in [2.05, 4.69) is 30.6 Å². The van der Waals surface area contributed by atoms with E-state index < -0.39 is 0 Å². The molecule has 0 aromatic rings. The van der Waals surface area contributed by atoms with E-state index in [0.717, 1.165) is 31.7 Å². The van der Waals surface area contributed by atoms with Gasteiger partial charge in [-0.15, -0.1) is 0 Å². The number of nitrogens with zero attached hydrogens (tertiary/aromatic N) is 1. The van der Waals surface area contributed by atoms with Crippen molar-refractivity contribution in [2.24, 2.45) is 34.5 Å². The van der Waals surface area contributed by atoms with Gasteiger partial charge in [-0.1, -0.05) is 25.5 Å². The highest BCUT2D eigenvalue weighted by Crippen LogP contribution is 2.66. The molecule has 0 aromatic carbocycles. The molecule has 2 amide bonds. The topological polar surface area (TPSA) is 90.9 Å². The smallest absolute Gasteiger partial charge is 0.331 e. The van der Waals surface area contributed by atoms with E-state index in [-0.39, 0.29) is 36.1 Å². The number of aliphatic hydroxyl groups is 1. The van der Waals surface area contributed by atoms with Crippen LogP contribution >= 0.6 is 0 Å². The first-order valence-electron chi connectivity index (χ1n) is 14.3.